The lowest BCUT2D eigenvalue weighted by molar-refractivity contribution is 0.594. The average molecular weight is 689 g/mol. The van der Waals surface area contributed by atoms with E-state index in [0.717, 1.165) is 44.4 Å². The summed E-state index contributed by atoms with van der Waals surface area (Å²) in [7, 11) is -3.73. The maximum Gasteiger partial charge on any atom is 0.210 e. The monoisotopic (exact) mass is 688 g/mol. The highest BCUT2D eigenvalue weighted by Gasteiger charge is 2.33. The Morgan fingerprint density at radius 2 is 1.06 bits per heavy atom. The van der Waals surface area contributed by atoms with Crippen molar-refractivity contribution in [2.75, 3.05) is 0 Å². The van der Waals surface area contributed by atoms with Crippen LogP contribution in [-0.4, -0.2) is 18.0 Å². The molecule has 0 radical (unpaired) electrons. The summed E-state index contributed by atoms with van der Waals surface area (Å²) in [5.74, 6) is 0.841. The molecule has 0 bridgehead atoms. The number of hydrogen-bond acceptors (Lipinski definition) is 3. The van der Waals surface area contributed by atoms with E-state index in [1.54, 1.807) is 18.2 Å². The molecule has 1 aliphatic rings. The highest BCUT2D eigenvalue weighted by atomic mass is 32.2. The Balaban J connectivity index is 1.26. The molecule has 0 N–H and O–H groups in total. The first kappa shape index (κ1) is 30.5. The lowest BCUT2D eigenvalue weighted by Crippen LogP contribution is -2.15. The first-order chi connectivity index (χ1) is 25.5. The molecule has 9 aromatic rings. The van der Waals surface area contributed by atoms with Gasteiger partial charge in [-0.15, -0.1) is 0 Å². The van der Waals surface area contributed by atoms with E-state index in [2.05, 4.69) is 128 Å². The molecular formula is C47H32N2O2S. The van der Waals surface area contributed by atoms with E-state index in [1.807, 2.05) is 28.8 Å². The quantitative estimate of drug-likeness (QED) is 0.169. The maximum absolute atomic E-state index is 14.0. The molecule has 10 rings (SSSR count). The second kappa shape index (κ2) is 11.6. The third-order valence-corrected chi connectivity index (χ3v) is 12.3. The van der Waals surface area contributed by atoms with E-state index < -0.39 is 9.84 Å². The summed E-state index contributed by atoms with van der Waals surface area (Å²) in [5, 5.41) is 4.67. The van der Waals surface area contributed by atoms with Gasteiger partial charge < -0.3 is 0 Å². The molecule has 0 amide bonds. The number of aryl methyl sites for hydroxylation is 1. The van der Waals surface area contributed by atoms with Crippen molar-refractivity contribution >= 4 is 42.4 Å². The SMILES string of the molecule is CCc1nc2cccc3c2n1-c1cc(-c2ccc4c(-c5ccccc5)c5ccccc5c(-c5cccc(-c6ccccc6)c5)c4c2)ccc1S3(=O)=O. The van der Waals surface area contributed by atoms with Gasteiger partial charge in [-0.3, -0.25) is 4.57 Å². The molecule has 0 unspecified atom stereocenters. The number of nitrogens with zero attached hydrogens (tertiary/aromatic N) is 2. The normalized spacial score (nSPS) is 13.1. The van der Waals surface area contributed by atoms with Crippen molar-refractivity contribution in [3.63, 3.8) is 0 Å². The van der Waals surface area contributed by atoms with Crippen LogP contribution in [0.15, 0.2) is 174 Å². The third-order valence-electron chi connectivity index (χ3n) is 10.5. The van der Waals surface area contributed by atoms with Gasteiger partial charge in [0, 0.05) is 6.42 Å². The minimum atomic E-state index is -3.73. The molecule has 1 aromatic heterocycles. The number of para-hydroxylation sites is 1. The molecule has 0 saturated carbocycles. The van der Waals surface area contributed by atoms with Crippen molar-refractivity contribution in [2.45, 2.75) is 23.1 Å². The van der Waals surface area contributed by atoms with Gasteiger partial charge in [0.1, 0.15) is 5.82 Å². The molecule has 0 saturated heterocycles. The van der Waals surface area contributed by atoms with Crippen LogP contribution in [-0.2, 0) is 16.3 Å². The van der Waals surface area contributed by atoms with Gasteiger partial charge in [-0.25, -0.2) is 13.4 Å². The van der Waals surface area contributed by atoms with E-state index >= 15 is 0 Å². The number of imidazole rings is 1. The minimum Gasteiger partial charge on any atom is -0.294 e. The van der Waals surface area contributed by atoms with Crippen LogP contribution in [0.25, 0.3) is 82.8 Å². The summed E-state index contributed by atoms with van der Waals surface area (Å²) in [6.07, 6.45) is 0.675. The van der Waals surface area contributed by atoms with Gasteiger partial charge in [-0.1, -0.05) is 134 Å². The number of aromatic nitrogens is 2. The first-order valence-corrected chi connectivity index (χ1v) is 19.1. The van der Waals surface area contributed by atoms with Crippen LogP contribution in [0.4, 0.5) is 0 Å². The summed E-state index contributed by atoms with van der Waals surface area (Å²) < 4.78 is 30.0. The van der Waals surface area contributed by atoms with Crippen LogP contribution in [0.1, 0.15) is 12.7 Å². The fourth-order valence-corrected chi connectivity index (χ4v) is 9.76. The Morgan fingerprint density at radius 3 is 1.81 bits per heavy atom. The molecule has 0 atom stereocenters. The van der Waals surface area contributed by atoms with Gasteiger partial charge >= 0.3 is 0 Å². The fraction of sp³-hybridized carbons (Fsp3) is 0.0426. The average Bonchev–Trinajstić information content (AvgIpc) is 3.59. The zero-order valence-corrected chi connectivity index (χ0v) is 29.2. The smallest absolute Gasteiger partial charge is 0.210 e. The molecule has 248 valence electrons. The minimum absolute atomic E-state index is 0.306. The summed E-state index contributed by atoms with van der Waals surface area (Å²) in [5.41, 5.74) is 11.0. The summed E-state index contributed by atoms with van der Waals surface area (Å²) in [6.45, 7) is 2.06. The van der Waals surface area contributed by atoms with Crippen LogP contribution in [0, 0.1) is 0 Å². The number of benzene rings is 8. The Hall–Kier alpha value is -6.30. The topological polar surface area (TPSA) is 52.0 Å². The largest absolute Gasteiger partial charge is 0.294 e. The predicted octanol–water partition coefficient (Wildman–Crippen LogP) is 11.7. The van der Waals surface area contributed by atoms with E-state index in [1.165, 1.54) is 27.5 Å². The van der Waals surface area contributed by atoms with E-state index in [9.17, 15) is 8.42 Å². The van der Waals surface area contributed by atoms with Gasteiger partial charge in [0.05, 0.1) is 26.5 Å². The van der Waals surface area contributed by atoms with Crippen LogP contribution < -0.4 is 0 Å². The van der Waals surface area contributed by atoms with Gasteiger partial charge in [0.25, 0.3) is 0 Å². The molecule has 8 aromatic carbocycles. The van der Waals surface area contributed by atoms with Gasteiger partial charge in [-0.2, -0.15) is 0 Å². The zero-order chi connectivity index (χ0) is 35.0. The second-order valence-electron chi connectivity index (χ2n) is 13.4. The van der Waals surface area contributed by atoms with Gasteiger partial charge in [0.15, 0.2) is 0 Å². The zero-order valence-electron chi connectivity index (χ0n) is 28.4. The lowest BCUT2D eigenvalue weighted by atomic mass is 9.84. The molecule has 4 nitrogen and oxygen atoms in total. The van der Waals surface area contributed by atoms with Crippen molar-refractivity contribution in [1.82, 2.24) is 9.55 Å². The molecule has 0 fully saturated rings. The van der Waals surface area contributed by atoms with E-state index in [4.69, 9.17) is 4.98 Å². The lowest BCUT2D eigenvalue weighted by Gasteiger charge is -2.22. The molecule has 2 heterocycles. The molecule has 5 heteroatoms. The van der Waals surface area contributed by atoms with Crippen LogP contribution >= 0.6 is 0 Å². The van der Waals surface area contributed by atoms with Crippen molar-refractivity contribution < 1.29 is 8.42 Å². The molecule has 1 aliphatic heterocycles. The van der Waals surface area contributed by atoms with Gasteiger partial charge in [-0.05, 0) is 102 Å². The maximum atomic E-state index is 14.0. The molecule has 0 spiro atoms. The number of sulfone groups is 1. The van der Waals surface area contributed by atoms with Crippen molar-refractivity contribution in [3.8, 4) is 50.2 Å². The Morgan fingerprint density at radius 1 is 0.481 bits per heavy atom. The molecular weight excluding hydrogens is 657 g/mol. The summed E-state index contributed by atoms with van der Waals surface area (Å²) >= 11 is 0. The second-order valence-corrected chi connectivity index (χ2v) is 15.3. The fourth-order valence-electron chi connectivity index (χ4n) is 8.14. The van der Waals surface area contributed by atoms with E-state index in [0.29, 0.717) is 32.9 Å². The highest BCUT2D eigenvalue weighted by molar-refractivity contribution is 7.92. The summed E-state index contributed by atoms with van der Waals surface area (Å²) in [4.78, 5) is 5.47. The van der Waals surface area contributed by atoms with Crippen LogP contribution in [0.3, 0.4) is 0 Å². The molecule has 0 aliphatic carbocycles. The highest BCUT2D eigenvalue weighted by Crippen LogP contribution is 2.46. The standard InChI is InChI=1S/C47H32N2O2S/c1-2-44-48-40-21-12-22-43-47(40)49(44)41-29-34(24-26-42(41)52(43,50)51)33-23-25-38-39(28-33)46(35-18-11-17-32(27-35)30-13-5-3-6-14-30)37-20-10-9-19-36(37)45(38)31-15-7-4-8-16-31/h3-29H,2H2,1H3. The Kier molecular flexibility index (Phi) is 6.82. The van der Waals surface area contributed by atoms with Crippen molar-refractivity contribution in [3.05, 3.63) is 170 Å². The number of hydrogen-bond donors (Lipinski definition) is 0. The first-order valence-electron chi connectivity index (χ1n) is 17.6. The molecule has 52 heavy (non-hydrogen) atoms. The van der Waals surface area contributed by atoms with Crippen molar-refractivity contribution in [2.24, 2.45) is 0 Å². The predicted molar refractivity (Wildman–Crippen MR) is 213 cm³/mol. The van der Waals surface area contributed by atoms with Crippen LogP contribution in [0.2, 0.25) is 0 Å². The van der Waals surface area contributed by atoms with Gasteiger partial charge in [0.2, 0.25) is 9.84 Å². The van der Waals surface area contributed by atoms with Crippen molar-refractivity contribution in [1.29, 1.82) is 0 Å². The Bertz CT molecular complexity index is 3000. The third kappa shape index (κ3) is 4.52. The number of fused-ring (bicyclic) bond motifs is 4. The van der Waals surface area contributed by atoms with Crippen LogP contribution in [0.5, 0.6) is 0 Å². The Labute approximate surface area is 302 Å². The number of rotatable bonds is 5. The summed E-state index contributed by atoms with van der Waals surface area (Å²) in [6, 6.07) is 56.5. The van der Waals surface area contributed by atoms with E-state index in [-0.39, 0.29) is 0 Å².